The van der Waals surface area contributed by atoms with E-state index in [2.05, 4.69) is 17.0 Å². The van der Waals surface area contributed by atoms with Crippen LogP contribution in [-0.4, -0.2) is 47.7 Å². The highest BCUT2D eigenvalue weighted by Gasteiger charge is 2.45. The summed E-state index contributed by atoms with van der Waals surface area (Å²) < 4.78 is 11.2. The molecule has 0 spiro atoms. The van der Waals surface area contributed by atoms with Crippen LogP contribution in [0.15, 0.2) is 54.6 Å². The number of rotatable bonds is 4. The first-order chi connectivity index (χ1) is 14.8. The Morgan fingerprint density at radius 3 is 2.48 bits per heavy atom. The van der Waals surface area contributed by atoms with Crippen molar-refractivity contribution in [2.45, 2.75) is 57.9 Å². The minimum atomic E-state index is -0.656. The summed E-state index contributed by atoms with van der Waals surface area (Å²) in [6.07, 6.45) is 1.04. The Morgan fingerprint density at radius 2 is 1.74 bits per heavy atom. The van der Waals surface area contributed by atoms with E-state index in [0.29, 0.717) is 13.0 Å². The third-order valence-corrected chi connectivity index (χ3v) is 5.77. The van der Waals surface area contributed by atoms with Crippen LogP contribution < -0.4 is 4.90 Å². The third kappa shape index (κ3) is 4.84. The quantitative estimate of drug-likeness (QED) is 0.692. The molecule has 0 saturated carbocycles. The fourth-order valence-electron chi connectivity index (χ4n) is 4.35. The SMILES string of the molecule is CC(C)(C)OC(=O)N1C[C@@H](N2CCc3ccccc32)C[C@H]1C(=O)OCc1ccccc1. The van der Waals surface area contributed by atoms with Gasteiger partial charge in [-0.25, -0.2) is 9.59 Å². The normalized spacial score (nSPS) is 20.5. The number of fused-ring (bicyclic) bond motifs is 1. The summed E-state index contributed by atoms with van der Waals surface area (Å²) >= 11 is 0. The van der Waals surface area contributed by atoms with Crippen LogP contribution >= 0.6 is 0 Å². The first kappa shape index (κ1) is 21.2. The number of anilines is 1. The number of benzene rings is 2. The van der Waals surface area contributed by atoms with E-state index in [0.717, 1.165) is 18.5 Å². The van der Waals surface area contributed by atoms with Crippen molar-refractivity contribution < 1.29 is 19.1 Å². The van der Waals surface area contributed by atoms with Gasteiger partial charge in [0, 0.05) is 31.2 Å². The summed E-state index contributed by atoms with van der Waals surface area (Å²) in [5, 5.41) is 0. The zero-order valence-corrected chi connectivity index (χ0v) is 18.4. The molecule has 1 fully saturated rings. The number of nitrogens with zero attached hydrogens (tertiary/aromatic N) is 2. The van der Waals surface area contributed by atoms with Gasteiger partial charge in [0.1, 0.15) is 18.2 Å². The van der Waals surface area contributed by atoms with E-state index in [9.17, 15) is 9.59 Å². The largest absolute Gasteiger partial charge is 0.459 e. The highest BCUT2D eigenvalue weighted by molar-refractivity contribution is 5.83. The topological polar surface area (TPSA) is 59.1 Å². The molecule has 0 radical (unpaired) electrons. The fraction of sp³-hybridized carbons (Fsp3) is 0.440. The number of para-hydroxylation sites is 1. The molecule has 2 heterocycles. The van der Waals surface area contributed by atoms with Gasteiger partial charge in [-0.05, 0) is 44.4 Å². The van der Waals surface area contributed by atoms with Crippen LogP contribution in [0.2, 0.25) is 0 Å². The number of likely N-dealkylation sites (tertiary alicyclic amines) is 1. The predicted molar refractivity (Wildman–Crippen MR) is 119 cm³/mol. The minimum Gasteiger partial charge on any atom is -0.459 e. The lowest BCUT2D eigenvalue weighted by molar-refractivity contribution is -0.150. The van der Waals surface area contributed by atoms with Gasteiger partial charge >= 0.3 is 12.1 Å². The van der Waals surface area contributed by atoms with Crippen molar-refractivity contribution in [1.29, 1.82) is 0 Å². The average molecular weight is 423 g/mol. The van der Waals surface area contributed by atoms with Crippen LogP contribution in [0.4, 0.5) is 10.5 Å². The lowest BCUT2D eigenvalue weighted by atomic mass is 10.1. The number of ether oxygens (including phenoxy) is 2. The molecule has 2 atom stereocenters. The first-order valence-electron chi connectivity index (χ1n) is 10.9. The fourth-order valence-corrected chi connectivity index (χ4v) is 4.35. The highest BCUT2D eigenvalue weighted by atomic mass is 16.6. The van der Waals surface area contributed by atoms with Crippen molar-refractivity contribution in [3.05, 3.63) is 65.7 Å². The molecular weight excluding hydrogens is 392 g/mol. The molecule has 31 heavy (non-hydrogen) atoms. The van der Waals surface area contributed by atoms with Gasteiger partial charge in [0.05, 0.1) is 0 Å². The lowest BCUT2D eigenvalue weighted by Crippen LogP contribution is -2.44. The van der Waals surface area contributed by atoms with Crippen LogP contribution in [0.25, 0.3) is 0 Å². The molecule has 0 unspecified atom stereocenters. The van der Waals surface area contributed by atoms with E-state index in [4.69, 9.17) is 9.47 Å². The maximum atomic E-state index is 13.0. The monoisotopic (exact) mass is 422 g/mol. The summed E-state index contributed by atoms with van der Waals surface area (Å²) in [6, 6.07) is 17.3. The maximum absolute atomic E-state index is 13.0. The Kier molecular flexibility index (Phi) is 5.90. The van der Waals surface area contributed by atoms with Crippen LogP contribution in [0, 0.1) is 0 Å². The first-order valence-corrected chi connectivity index (χ1v) is 10.9. The second-order valence-electron chi connectivity index (χ2n) is 9.20. The second kappa shape index (κ2) is 8.61. The summed E-state index contributed by atoms with van der Waals surface area (Å²) in [5.41, 5.74) is 2.78. The van der Waals surface area contributed by atoms with Crippen molar-refractivity contribution in [3.63, 3.8) is 0 Å². The molecule has 2 aliphatic rings. The van der Waals surface area contributed by atoms with Crippen molar-refractivity contribution >= 4 is 17.7 Å². The number of hydrogen-bond acceptors (Lipinski definition) is 5. The molecule has 4 rings (SSSR count). The van der Waals surface area contributed by atoms with Crippen LogP contribution in [0.3, 0.4) is 0 Å². The third-order valence-electron chi connectivity index (χ3n) is 5.77. The second-order valence-corrected chi connectivity index (χ2v) is 9.20. The van der Waals surface area contributed by atoms with Gasteiger partial charge < -0.3 is 14.4 Å². The van der Waals surface area contributed by atoms with Gasteiger partial charge in [-0.15, -0.1) is 0 Å². The van der Waals surface area contributed by atoms with Crippen LogP contribution in [0.5, 0.6) is 0 Å². The van der Waals surface area contributed by atoms with Gasteiger partial charge in [-0.1, -0.05) is 48.5 Å². The number of carbonyl (C=O) groups is 2. The zero-order valence-electron chi connectivity index (χ0n) is 18.4. The maximum Gasteiger partial charge on any atom is 0.411 e. The van der Waals surface area contributed by atoms with Crippen molar-refractivity contribution in [1.82, 2.24) is 4.90 Å². The summed E-state index contributed by atoms with van der Waals surface area (Å²) in [7, 11) is 0. The lowest BCUT2D eigenvalue weighted by Gasteiger charge is -2.28. The molecular formula is C25H30N2O4. The van der Waals surface area contributed by atoms with Gasteiger partial charge in [-0.3, -0.25) is 4.90 Å². The Morgan fingerprint density at radius 1 is 1.03 bits per heavy atom. The summed E-state index contributed by atoms with van der Waals surface area (Å²) in [6.45, 7) is 7.01. The van der Waals surface area contributed by atoms with E-state index in [1.165, 1.54) is 11.3 Å². The molecule has 1 saturated heterocycles. The number of carbonyl (C=O) groups excluding carboxylic acids is 2. The Hall–Kier alpha value is -3.02. The molecule has 2 aromatic carbocycles. The van der Waals surface area contributed by atoms with Crippen LogP contribution in [0.1, 0.15) is 38.3 Å². The van der Waals surface area contributed by atoms with E-state index in [-0.39, 0.29) is 18.6 Å². The molecule has 0 bridgehead atoms. The molecule has 6 nitrogen and oxygen atoms in total. The molecule has 2 aliphatic heterocycles. The molecule has 0 N–H and O–H groups in total. The number of esters is 1. The Balaban J connectivity index is 1.51. The molecule has 164 valence electrons. The number of hydrogen-bond donors (Lipinski definition) is 0. The van der Waals surface area contributed by atoms with Gasteiger partial charge in [0.15, 0.2) is 0 Å². The van der Waals surface area contributed by atoms with Crippen LogP contribution in [-0.2, 0) is 27.3 Å². The average Bonchev–Trinajstić information content (AvgIpc) is 3.36. The zero-order chi connectivity index (χ0) is 22.0. The van der Waals surface area contributed by atoms with Gasteiger partial charge in [0.25, 0.3) is 0 Å². The van der Waals surface area contributed by atoms with Crippen molar-refractivity contribution in [2.75, 3.05) is 18.0 Å². The summed E-state index contributed by atoms with van der Waals surface area (Å²) in [5.74, 6) is -0.385. The Bertz CT molecular complexity index is 938. The van der Waals surface area contributed by atoms with Gasteiger partial charge in [0.2, 0.25) is 0 Å². The van der Waals surface area contributed by atoms with E-state index < -0.39 is 17.7 Å². The molecule has 1 amide bonds. The summed E-state index contributed by atoms with van der Waals surface area (Å²) in [4.78, 5) is 29.8. The Labute approximate surface area is 183 Å². The predicted octanol–water partition coefficient (Wildman–Crippen LogP) is 4.17. The van der Waals surface area contributed by atoms with E-state index in [1.54, 1.807) is 4.90 Å². The standard InChI is InChI=1S/C25H30N2O4/c1-25(2,3)31-24(29)27-16-20(26-14-13-19-11-7-8-12-21(19)26)15-22(27)23(28)30-17-18-9-5-4-6-10-18/h4-12,20,22H,13-17H2,1-3H3/t20-,22-/m0/s1. The molecule has 0 aromatic heterocycles. The van der Waals surface area contributed by atoms with Crippen molar-refractivity contribution in [3.8, 4) is 0 Å². The number of amides is 1. The molecule has 0 aliphatic carbocycles. The highest BCUT2D eigenvalue weighted by Crippen LogP contribution is 2.34. The molecule has 6 heteroatoms. The van der Waals surface area contributed by atoms with E-state index in [1.807, 2.05) is 63.2 Å². The van der Waals surface area contributed by atoms with E-state index >= 15 is 0 Å². The van der Waals surface area contributed by atoms with Gasteiger partial charge in [-0.2, -0.15) is 0 Å². The smallest absolute Gasteiger partial charge is 0.411 e. The molecule has 2 aromatic rings. The minimum absolute atomic E-state index is 0.0467. The van der Waals surface area contributed by atoms with Crippen molar-refractivity contribution in [2.24, 2.45) is 0 Å².